The Hall–Kier alpha value is -1.13. The van der Waals surface area contributed by atoms with Crippen molar-refractivity contribution in [2.45, 2.75) is 45.8 Å². The summed E-state index contributed by atoms with van der Waals surface area (Å²) in [7, 11) is 0. The van der Waals surface area contributed by atoms with Crippen LogP contribution in [0.5, 0.6) is 0 Å². The topological polar surface area (TPSA) is 37.4 Å². The van der Waals surface area contributed by atoms with E-state index in [1.165, 1.54) is 5.56 Å². The maximum absolute atomic E-state index is 5.80. The van der Waals surface area contributed by atoms with Gasteiger partial charge in [0.25, 0.3) is 0 Å². The smallest absolute Gasteiger partial charge is 0.133 e. The zero-order valence-electron chi connectivity index (χ0n) is 13.1. The van der Waals surface area contributed by atoms with Gasteiger partial charge in [-0.2, -0.15) is 0 Å². The van der Waals surface area contributed by atoms with Crippen LogP contribution in [0, 0.1) is 0 Å². The summed E-state index contributed by atoms with van der Waals surface area (Å²) in [5.41, 5.74) is 1.17. The molecule has 1 atom stereocenters. The van der Waals surface area contributed by atoms with Crippen LogP contribution in [-0.4, -0.2) is 36.8 Å². The first-order valence-corrected chi connectivity index (χ1v) is 7.60. The van der Waals surface area contributed by atoms with Gasteiger partial charge < -0.3 is 15.0 Å². The number of aromatic nitrogens is 1. The molecule has 0 spiro atoms. The van der Waals surface area contributed by atoms with Crippen molar-refractivity contribution in [2.24, 2.45) is 0 Å². The highest BCUT2D eigenvalue weighted by Crippen LogP contribution is 2.27. The summed E-state index contributed by atoms with van der Waals surface area (Å²) >= 11 is 0. The number of ether oxygens (including phenoxy) is 1. The van der Waals surface area contributed by atoms with Crippen LogP contribution < -0.4 is 10.2 Å². The van der Waals surface area contributed by atoms with Gasteiger partial charge in [0, 0.05) is 30.9 Å². The van der Waals surface area contributed by atoms with Crippen molar-refractivity contribution in [2.75, 3.05) is 31.1 Å². The third-order valence-electron chi connectivity index (χ3n) is 3.71. The fraction of sp³-hybridized carbons (Fsp3) is 0.688. The van der Waals surface area contributed by atoms with Gasteiger partial charge >= 0.3 is 0 Å². The zero-order chi connectivity index (χ0) is 14.6. The Balaban J connectivity index is 2.18. The fourth-order valence-electron chi connectivity index (χ4n) is 2.68. The standard InChI is InChI=1S/C16H27N3O/c1-5-8-17-13(2)14-7-6-9-18-15(14)19-10-11-20-16(3,4)12-19/h6-7,9,13,17H,5,8,10-12H2,1-4H3. The Morgan fingerprint density at radius 3 is 3.00 bits per heavy atom. The molecule has 112 valence electrons. The van der Waals surface area contributed by atoms with E-state index in [4.69, 9.17) is 4.74 Å². The van der Waals surface area contributed by atoms with Crippen LogP contribution in [0.4, 0.5) is 5.82 Å². The Bertz CT molecular complexity index is 433. The molecule has 0 aromatic carbocycles. The Morgan fingerprint density at radius 1 is 1.50 bits per heavy atom. The van der Waals surface area contributed by atoms with Crippen molar-refractivity contribution in [3.05, 3.63) is 23.9 Å². The molecular formula is C16H27N3O. The molecule has 4 nitrogen and oxygen atoms in total. The molecule has 1 fully saturated rings. The largest absolute Gasteiger partial charge is 0.372 e. The second kappa shape index (κ2) is 6.55. The summed E-state index contributed by atoms with van der Waals surface area (Å²) in [6, 6.07) is 4.52. The van der Waals surface area contributed by atoms with Crippen molar-refractivity contribution in [1.29, 1.82) is 0 Å². The second-order valence-electron chi connectivity index (χ2n) is 6.12. The SMILES string of the molecule is CCCNC(C)c1cccnc1N1CCOC(C)(C)C1. The molecule has 1 aliphatic heterocycles. The number of nitrogens with one attached hydrogen (secondary N) is 1. The van der Waals surface area contributed by atoms with Crippen LogP contribution in [0.3, 0.4) is 0 Å². The van der Waals surface area contributed by atoms with E-state index in [9.17, 15) is 0 Å². The molecule has 4 heteroatoms. The highest BCUT2D eigenvalue weighted by molar-refractivity contribution is 5.49. The minimum absolute atomic E-state index is 0.104. The van der Waals surface area contributed by atoms with E-state index in [-0.39, 0.29) is 5.60 Å². The van der Waals surface area contributed by atoms with E-state index >= 15 is 0 Å². The summed E-state index contributed by atoms with van der Waals surface area (Å²) in [4.78, 5) is 6.98. The number of anilines is 1. The molecule has 20 heavy (non-hydrogen) atoms. The summed E-state index contributed by atoms with van der Waals surface area (Å²) in [6.45, 7) is 12.3. The van der Waals surface area contributed by atoms with Crippen LogP contribution >= 0.6 is 0 Å². The van der Waals surface area contributed by atoms with Gasteiger partial charge in [0.2, 0.25) is 0 Å². The van der Waals surface area contributed by atoms with Crippen LogP contribution in [-0.2, 0) is 4.74 Å². The van der Waals surface area contributed by atoms with E-state index in [1.54, 1.807) is 0 Å². The summed E-state index contributed by atoms with van der Waals surface area (Å²) < 4.78 is 5.80. The third-order valence-corrected chi connectivity index (χ3v) is 3.71. The first-order chi connectivity index (χ1) is 9.53. The molecule has 0 amide bonds. The monoisotopic (exact) mass is 277 g/mol. The lowest BCUT2D eigenvalue weighted by atomic mass is 10.0. The Labute approximate surface area is 122 Å². The second-order valence-corrected chi connectivity index (χ2v) is 6.12. The van der Waals surface area contributed by atoms with Crippen molar-refractivity contribution < 1.29 is 4.74 Å². The molecule has 2 heterocycles. The highest BCUT2D eigenvalue weighted by Gasteiger charge is 2.29. The molecular weight excluding hydrogens is 250 g/mol. The summed E-state index contributed by atoms with van der Waals surface area (Å²) in [6.07, 6.45) is 3.03. The van der Waals surface area contributed by atoms with Crippen LogP contribution in [0.25, 0.3) is 0 Å². The summed E-state index contributed by atoms with van der Waals surface area (Å²) in [5.74, 6) is 1.10. The average molecular weight is 277 g/mol. The number of hydrogen-bond acceptors (Lipinski definition) is 4. The maximum Gasteiger partial charge on any atom is 0.133 e. The van der Waals surface area contributed by atoms with Gasteiger partial charge in [-0.3, -0.25) is 0 Å². The van der Waals surface area contributed by atoms with Crippen molar-refractivity contribution in [3.63, 3.8) is 0 Å². The molecule has 1 N–H and O–H groups in total. The van der Waals surface area contributed by atoms with Gasteiger partial charge in [-0.1, -0.05) is 13.0 Å². The number of rotatable bonds is 5. The minimum atomic E-state index is -0.104. The van der Waals surface area contributed by atoms with Gasteiger partial charge in [0.05, 0.1) is 12.2 Å². The first-order valence-electron chi connectivity index (χ1n) is 7.60. The normalized spacial score (nSPS) is 19.9. The molecule has 0 bridgehead atoms. The third kappa shape index (κ3) is 3.70. The summed E-state index contributed by atoms with van der Waals surface area (Å²) in [5, 5.41) is 3.55. The molecule has 1 aliphatic rings. The van der Waals surface area contributed by atoms with Crippen molar-refractivity contribution in [1.82, 2.24) is 10.3 Å². The molecule has 1 saturated heterocycles. The number of nitrogens with zero attached hydrogens (tertiary/aromatic N) is 2. The molecule has 1 aromatic rings. The van der Waals surface area contributed by atoms with Gasteiger partial charge in [0.15, 0.2) is 0 Å². The van der Waals surface area contributed by atoms with Gasteiger partial charge in [0.1, 0.15) is 5.82 Å². The van der Waals surface area contributed by atoms with Crippen LogP contribution in [0.1, 0.15) is 45.7 Å². The van der Waals surface area contributed by atoms with Crippen LogP contribution in [0.15, 0.2) is 18.3 Å². The fourth-order valence-corrected chi connectivity index (χ4v) is 2.68. The van der Waals surface area contributed by atoms with E-state index < -0.39 is 0 Å². The lowest BCUT2D eigenvalue weighted by Crippen LogP contribution is -2.49. The molecule has 2 rings (SSSR count). The molecule has 1 unspecified atom stereocenters. The van der Waals surface area contributed by atoms with E-state index in [0.717, 1.165) is 38.5 Å². The van der Waals surface area contributed by atoms with Crippen molar-refractivity contribution >= 4 is 5.82 Å². The molecule has 0 radical (unpaired) electrons. The lowest BCUT2D eigenvalue weighted by molar-refractivity contribution is -0.0279. The predicted molar refractivity (Wildman–Crippen MR) is 83.2 cm³/mol. The van der Waals surface area contributed by atoms with Crippen LogP contribution in [0.2, 0.25) is 0 Å². The number of morpholine rings is 1. The Morgan fingerprint density at radius 2 is 2.30 bits per heavy atom. The van der Waals surface area contributed by atoms with E-state index in [0.29, 0.717) is 6.04 Å². The quantitative estimate of drug-likeness (QED) is 0.898. The van der Waals surface area contributed by atoms with Gasteiger partial charge in [-0.15, -0.1) is 0 Å². The van der Waals surface area contributed by atoms with Gasteiger partial charge in [-0.25, -0.2) is 4.98 Å². The van der Waals surface area contributed by atoms with Gasteiger partial charge in [-0.05, 0) is 39.8 Å². The van der Waals surface area contributed by atoms with E-state index in [1.807, 2.05) is 12.3 Å². The molecule has 1 aromatic heterocycles. The average Bonchev–Trinajstić information content (AvgIpc) is 2.43. The number of pyridine rings is 1. The lowest BCUT2D eigenvalue weighted by Gasteiger charge is -2.39. The highest BCUT2D eigenvalue weighted by atomic mass is 16.5. The molecule has 0 saturated carbocycles. The Kier molecular flexibility index (Phi) is 5.00. The minimum Gasteiger partial charge on any atom is -0.372 e. The van der Waals surface area contributed by atoms with Crippen molar-refractivity contribution in [3.8, 4) is 0 Å². The molecule has 0 aliphatic carbocycles. The van der Waals surface area contributed by atoms with E-state index in [2.05, 4.69) is 49.0 Å². The zero-order valence-corrected chi connectivity index (χ0v) is 13.1. The maximum atomic E-state index is 5.80. The predicted octanol–water partition coefficient (Wildman–Crippen LogP) is 2.76. The first kappa shape index (κ1) is 15.3. The number of hydrogen-bond donors (Lipinski definition) is 1.